The van der Waals surface area contributed by atoms with Gasteiger partial charge in [-0.05, 0) is 12.1 Å². The predicted octanol–water partition coefficient (Wildman–Crippen LogP) is -6.57. The van der Waals surface area contributed by atoms with E-state index in [1.807, 2.05) is 0 Å². The minimum atomic E-state index is 0. The Morgan fingerprint density at radius 2 is 1.33 bits per heavy atom. The molecule has 0 bridgehead atoms. The van der Waals surface area contributed by atoms with E-state index < -0.39 is 0 Å². The molecule has 6 N–H and O–H groups in total. The Morgan fingerprint density at radius 3 is 1.50 bits per heavy atom. The van der Waals surface area contributed by atoms with Crippen molar-refractivity contribution in [2.24, 2.45) is 0 Å². The molecule has 0 atom stereocenters. The van der Waals surface area contributed by atoms with Crippen molar-refractivity contribution >= 4 is 11.6 Å². The Kier molecular flexibility index (Phi) is 20.7. The van der Waals surface area contributed by atoms with Crippen LogP contribution in [-0.4, -0.2) is 10.5 Å². The summed E-state index contributed by atoms with van der Waals surface area (Å²) in [6.45, 7) is 0. The molecule has 1 heterocycles. The molecule has 0 spiro atoms. The summed E-state index contributed by atoms with van der Waals surface area (Å²) in [6, 6.07) is 5.14. The average Bonchev–Trinajstić information content (AvgIpc) is 1.64. The molecule has 0 fully saturated rings. The van der Waals surface area contributed by atoms with Gasteiger partial charge in [0.25, 0.3) is 0 Å². The molecule has 0 amide bonds. The number of aromatic nitrogens is 1. The molecule has 74 valence electrons. The van der Waals surface area contributed by atoms with Crippen LogP contribution in [0.1, 0.15) is 0 Å². The van der Waals surface area contributed by atoms with E-state index in [9.17, 15) is 0 Å². The van der Waals surface area contributed by atoms with E-state index in [2.05, 4.69) is 4.98 Å². The first-order valence-corrected chi connectivity index (χ1v) is 2.27. The Labute approximate surface area is 96.9 Å². The van der Waals surface area contributed by atoms with Crippen LogP contribution in [0.5, 0.6) is 0 Å². The van der Waals surface area contributed by atoms with Crippen molar-refractivity contribution in [1.82, 2.24) is 4.98 Å². The Balaban J connectivity index is -0.0000000800. The van der Waals surface area contributed by atoms with Gasteiger partial charge >= 0.3 is 20.4 Å². The van der Waals surface area contributed by atoms with Crippen LogP contribution >= 0.6 is 0 Å². The minimum Gasteiger partial charge on any atom is -1.00 e. The number of hydrogen-bond acceptors (Lipinski definition) is 3. The second-order valence-electron chi connectivity index (χ2n) is 1.49. The van der Waals surface area contributed by atoms with Crippen LogP contribution in [0.3, 0.4) is 0 Å². The molecule has 12 heavy (non-hydrogen) atoms. The van der Waals surface area contributed by atoms with Gasteiger partial charge in [-0.3, -0.25) is 0 Å². The van der Waals surface area contributed by atoms with Gasteiger partial charge in [-0.2, -0.15) is 0 Å². The van der Waals surface area contributed by atoms with Crippen molar-refractivity contribution < 1.29 is 50.7 Å². The predicted molar refractivity (Wildman–Crippen MR) is 36.7 cm³/mol. The molecule has 1 rings (SSSR count). The zero-order chi connectivity index (χ0) is 5.98. The number of nitrogen functional groups attached to an aromatic ring is 2. The van der Waals surface area contributed by atoms with Crippen molar-refractivity contribution in [2.45, 2.75) is 0 Å². The molecule has 0 aliphatic rings. The largest absolute Gasteiger partial charge is 2.00 e. The molecule has 0 aromatic carbocycles. The Bertz CT molecular complexity index is 185. The molecule has 0 aliphatic carbocycles. The smallest absolute Gasteiger partial charge is 1.00 e. The summed E-state index contributed by atoms with van der Waals surface area (Å²) in [5, 5.41) is 0. The van der Waals surface area contributed by atoms with Gasteiger partial charge in [-0.25, -0.2) is 4.98 Å². The van der Waals surface area contributed by atoms with Crippen LogP contribution in [0.2, 0.25) is 0 Å². The maximum atomic E-state index is 5.27. The van der Waals surface area contributed by atoms with Crippen molar-refractivity contribution in [3.63, 3.8) is 0 Å². The van der Waals surface area contributed by atoms with E-state index >= 15 is 0 Å². The molecule has 1 aromatic heterocycles. The van der Waals surface area contributed by atoms with E-state index in [0.717, 1.165) is 0 Å². The maximum absolute atomic E-state index is 5.27. The second kappa shape index (κ2) is 11.0. The van der Waals surface area contributed by atoms with Gasteiger partial charge in [0.05, 0.1) is 0 Å². The molecule has 0 saturated carbocycles. The van der Waals surface area contributed by atoms with Crippen LogP contribution in [0, 0.1) is 0 Å². The van der Waals surface area contributed by atoms with Gasteiger partial charge in [0, 0.05) is 0 Å². The molecule has 4 nitrogen and oxygen atoms in total. The van der Waals surface area contributed by atoms with E-state index in [0.29, 0.717) is 11.6 Å². The second-order valence-corrected chi connectivity index (χ2v) is 1.49. The van der Waals surface area contributed by atoms with Crippen molar-refractivity contribution in [3.8, 4) is 0 Å². The summed E-state index contributed by atoms with van der Waals surface area (Å²) in [6.07, 6.45) is 0. The molecule has 0 saturated heterocycles. The number of pyridine rings is 1. The standard InChI is InChI=1S/C5H7N3.2ClH.H2O.Pd/c6-4-2-1-3-5(7)8-4;;;;/h1-3H,(H4,6,7,8);2*1H;1H2;/q;;;;+2/p-2. The first-order valence-electron chi connectivity index (χ1n) is 2.27. The molecule has 0 unspecified atom stereocenters. The summed E-state index contributed by atoms with van der Waals surface area (Å²) in [5.74, 6) is 0.926. The van der Waals surface area contributed by atoms with Gasteiger partial charge < -0.3 is 41.8 Å². The van der Waals surface area contributed by atoms with Gasteiger partial charge in [0.15, 0.2) is 0 Å². The topological polar surface area (TPSA) is 96.4 Å². The monoisotopic (exact) mass is 303 g/mol. The van der Waals surface area contributed by atoms with E-state index in [1.165, 1.54) is 0 Å². The molecular weight excluding hydrogens is 295 g/mol. The molecule has 1 aromatic rings. The number of nitrogens with two attached hydrogens (primary N) is 2. The van der Waals surface area contributed by atoms with E-state index in [1.54, 1.807) is 18.2 Å². The fraction of sp³-hybridized carbons (Fsp3) is 0. The van der Waals surface area contributed by atoms with E-state index in [4.69, 9.17) is 11.5 Å². The number of halogens is 2. The molecular formula is C5H9Cl2N3OPd. The molecule has 0 radical (unpaired) electrons. The van der Waals surface area contributed by atoms with Crippen molar-refractivity contribution in [2.75, 3.05) is 11.5 Å². The third-order valence-electron chi connectivity index (χ3n) is 0.792. The minimum absolute atomic E-state index is 0. The summed E-state index contributed by atoms with van der Waals surface area (Å²) < 4.78 is 0. The van der Waals surface area contributed by atoms with Gasteiger partial charge in [0.1, 0.15) is 11.6 Å². The molecule has 0 aliphatic heterocycles. The van der Waals surface area contributed by atoms with Gasteiger partial charge in [0.2, 0.25) is 0 Å². The van der Waals surface area contributed by atoms with Crippen LogP contribution in [0.4, 0.5) is 11.6 Å². The zero-order valence-electron chi connectivity index (χ0n) is 5.91. The SMILES string of the molecule is Nc1cccc(N)n1.O.[Cl-].[Cl-].[Pd+2]. The van der Waals surface area contributed by atoms with Crippen LogP contribution in [0.25, 0.3) is 0 Å². The number of nitrogens with zero attached hydrogens (tertiary/aromatic N) is 1. The summed E-state index contributed by atoms with van der Waals surface area (Å²) >= 11 is 0. The number of hydrogen-bond donors (Lipinski definition) is 2. The first kappa shape index (κ1) is 22.7. The average molecular weight is 304 g/mol. The Hall–Kier alpha value is -0.0477. The maximum Gasteiger partial charge on any atom is 2.00 e. The quantitative estimate of drug-likeness (QED) is 0.466. The number of rotatable bonds is 0. The third-order valence-corrected chi connectivity index (χ3v) is 0.792. The number of anilines is 2. The normalized spacial score (nSPS) is 6.00. The van der Waals surface area contributed by atoms with Gasteiger partial charge in [-0.15, -0.1) is 0 Å². The zero-order valence-corrected chi connectivity index (χ0v) is 8.97. The van der Waals surface area contributed by atoms with Crippen molar-refractivity contribution in [3.05, 3.63) is 18.2 Å². The van der Waals surface area contributed by atoms with E-state index in [-0.39, 0.29) is 50.7 Å². The first-order chi connectivity index (χ1) is 3.79. The summed E-state index contributed by atoms with van der Waals surface area (Å²) in [4.78, 5) is 3.73. The third kappa shape index (κ3) is 8.05. The summed E-state index contributed by atoms with van der Waals surface area (Å²) in [7, 11) is 0. The summed E-state index contributed by atoms with van der Waals surface area (Å²) in [5.41, 5.74) is 10.5. The fourth-order valence-corrected chi connectivity index (χ4v) is 0.469. The van der Waals surface area contributed by atoms with Crippen LogP contribution in [0.15, 0.2) is 18.2 Å². The van der Waals surface area contributed by atoms with Crippen LogP contribution in [-0.2, 0) is 20.4 Å². The fourth-order valence-electron chi connectivity index (χ4n) is 0.469. The van der Waals surface area contributed by atoms with Crippen LogP contribution < -0.4 is 36.3 Å². The molecule has 7 heteroatoms. The van der Waals surface area contributed by atoms with Gasteiger partial charge in [-0.1, -0.05) is 6.07 Å². The van der Waals surface area contributed by atoms with Crippen molar-refractivity contribution in [1.29, 1.82) is 0 Å². The Morgan fingerprint density at radius 1 is 1.00 bits per heavy atom.